The number of carbonyl (C=O) groups excluding carboxylic acids is 1. The summed E-state index contributed by atoms with van der Waals surface area (Å²) in [4.78, 5) is 12.0. The lowest BCUT2D eigenvalue weighted by Crippen LogP contribution is -2.09. The molecule has 0 heterocycles. The third-order valence-electron chi connectivity index (χ3n) is 2.85. The van der Waals surface area contributed by atoms with Crippen molar-refractivity contribution in [2.24, 2.45) is 0 Å². The van der Waals surface area contributed by atoms with Gasteiger partial charge in [0.2, 0.25) is 0 Å². The number of methoxy groups -OCH3 is 1. The minimum Gasteiger partial charge on any atom is -0.508 e. The van der Waals surface area contributed by atoms with E-state index >= 15 is 0 Å². The maximum Gasteiger partial charge on any atom is 0.343 e. The van der Waals surface area contributed by atoms with Crippen molar-refractivity contribution in [3.05, 3.63) is 59.7 Å². The number of phenols is 1. The molecule has 4 heteroatoms. The summed E-state index contributed by atoms with van der Waals surface area (Å²) in [5, 5.41) is 9.21. The van der Waals surface area contributed by atoms with Gasteiger partial charge in [0.25, 0.3) is 0 Å². The van der Waals surface area contributed by atoms with Crippen molar-refractivity contribution >= 4 is 12.0 Å². The van der Waals surface area contributed by atoms with Crippen molar-refractivity contribution < 1.29 is 19.4 Å². The Balaban J connectivity index is 2.22. The number of rotatable bonds is 4. The van der Waals surface area contributed by atoms with Gasteiger partial charge < -0.3 is 14.6 Å². The monoisotopic (exact) mass is 284 g/mol. The van der Waals surface area contributed by atoms with Crippen LogP contribution >= 0.6 is 0 Å². The van der Waals surface area contributed by atoms with Gasteiger partial charge in [-0.05, 0) is 48.9 Å². The van der Waals surface area contributed by atoms with Gasteiger partial charge in [0.05, 0.1) is 12.7 Å². The standard InChI is InChI=1S/C17H16O4/c1-3-4-12-5-10-15(16(11-12)20-2)21-17(19)13-6-8-14(18)9-7-13/h3-11,18H,1-2H3/b4-3+. The molecule has 0 saturated heterocycles. The predicted octanol–water partition coefficient (Wildman–Crippen LogP) is 3.65. The predicted molar refractivity (Wildman–Crippen MR) is 80.8 cm³/mol. The van der Waals surface area contributed by atoms with Crippen LogP contribution in [0.3, 0.4) is 0 Å². The topological polar surface area (TPSA) is 55.8 Å². The number of esters is 1. The van der Waals surface area contributed by atoms with Crippen molar-refractivity contribution in [3.63, 3.8) is 0 Å². The van der Waals surface area contributed by atoms with Crippen LogP contribution in [0.2, 0.25) is 0 Å². The summed E-state index contributed by atoms with van der Waals surface area (Å²) in [5.74, 6) is 0.425. The molecular formula is C17H16O4. The molecule has 0 aliphatic carbocycles. The normalized spacial score (nSPS) is 10.6. The molecule has 0 aliphatic heterocycles. The van der Waals surface area contributed by atoms with Gasteiger partial charge in [-0.15, -0.1) is 0 Å². The van der Waals surface area contributed by atoms with Crippen molar-refractivity contribution in [3.8, 4) is 17.2 Å². The fourth-order valence-electron chi connectivity index (χ4n) is 1.82. The molecule has 2 aromatic rings. The van der Waals surface area contributed by atoms with Crippen molar-refractivity contribution in [1.82, 2.24) is 0 Å². The molecule has 0 atom stereocenters. The Labute approximate surface area is 123 Å². The second-order valence-electron chi connectivity index (χ2n) is 4.35. The second-order valence-corrected chi connectivity index (χ2v) is 4.35. The van der Waals surface area contributed by atoms with E-state index in [1.807, 2.05) is 25.1 Å². The quantitative estimate of drug-likeness (QED) is 0.687. The maximum atomic E-state index is 12.0. The molecule has 1 N–H and O–H groups in total. The molecule has 4 nitrogen and oxygen atoms in total. The van der Waals surface area contributed by atoms with Gasteiger partial charge in [-0.1, -0.05) is 18.2 Å². The lowest BCUT2D eigenvalue weighted by Gasteiger charge is -2.10. The Kier molecular flexibility index (Phi) is 4.61. The summed E-state index contributed by atoms with van der Waals surface area (Å²) in [5.41, 5.74) is 1.31. The molecular weight excluding hydrogens is 268 g/mol. The molecule has 21 heavy (non-hydrogen) atoms. The molecule has 0 unspecified atom stereocenters. The summed E-state index contributed by atoms with van der Waals surface area (Å²) < 4.78 is 10.6. The van der Waals surface area contributed by atoms with E-state index in [4.69, 9.17) is 9.47 Å². The fraction of sp³-hybridized carbons (Fsp3) is 0.118. The van der Waals surface area contributed by atoms with Crippen LogP contribution in [-0.2, 0) is 0 Å². The van der Waals surface area contributed by atoms with Crippen molar-refractivity contribution in [2.45, 2.75) is 6.92 Å². The van der Waals surface area contributed by atoms with Gasteiger partial charge in [0.15, 0.2) is 11.5 Å². The molecule has 0 bridgehead atoms. The number of hydrogen-bond acceptors (Lipinski definition) is 4. The smallest absolute Gasteiger partial charge is 0.343 e. The van der Waals surface area contributed by atoms with Crippen molar-refractivity contribution in [2.75, 3.05) is 7.11 Å². The minimum absolute atomic E-state index is 0.0971. The van der Waals surface area contributed by atoms with Gasteiger partial charge in [-0.25, -0.2) is 4.79 Å². The van der Waals surface area contributed by atoms with E-state index in [9.17, 15) is 9.90 Å². The molecule has 0 aromatic heterocycles. The van der Waals surface area contributed by atoms with Crippen LogP contribution in [0.25, 0.3) is 6.08 Å². The molecule has 108 valence electrons. The minimum atomic E-state index is -0.507. The molecule has 0 spiro atoms. The number of hydrogen-bond donors (Lipinski definition) is 1. The van der Waals surface area contributed by atoms with E-state index in [2.05, 4.69) is 0 Å². The van der Waals surface area contributed by atoms with Crippen LogP contribution in [0.5, 0.6) is 17.2 Å². The van der Waals surface area contributed by atoms with Crippen LogP contribution in [0.1, 0.15) is 22.8 Å². The molecule has 0 amide bonds. The van der Waals surface area contributed by atoms with Crippen LogP contribution in [0.15, 0.2) is 48.5 Å². The zero-order valence-electron chi connectivity index (χ0n) is 11.9. The lowest BCUT2D eigenvalue weighted by atomic mass is 10.2. The largest absolute Gasteiger partial charge is 0.508 e. The first-order valence-electron chi connectivity index (χ1n) is 6.46. The van der Waals surface area contributed by atoms with Crippen LogP contribution in [0.4, 0.5) is 0 Å². The van der Waals surface area contributed by atoms with E-state index in [0.717, 1.165) is 5.56 Å². The summed E-state index contributed by atoms with van der Waals surface area (Å²) in [7, 11) is 1.52. The summed E-state index contributed by atoms with van der Waals surface area (Å²) in [6.07, 6.45) is 3.84. The van der Waals surface area contributed by atoms with Gasteiger partial charge >= 0.3 is 5.97 Å². The van der Waals surface area contributed by atoms with E-state index in [-0.39, 0.29) is 5.75 Å². The first-order chi connectivity index (χ1) is 10.1. The average Bonchev–Trinajstić information content (AvgIpc) is 2.49. The fourth-order valence-corrected chi connectivity index (χ4v) is 1.82. The number of aromatic hydroxyl groups is 1. The van der Waals surface area contributed by atoms with Gasteiger partial charge in [-0.3, -0.25) is 0 Å². The molecule has 0 fully saturated rings. The van der Waals surface area contributed by atoms with Gasteiger partial charge in [0.1, 0.15) is 5.75 Å². The Hall–Kier alpha value is -2.75. The number of phenolic OH excluding ortho intramolecular Hbond substituents is 1. The average molecular weight is 284 g/mol. The number of carbonyl (C=O) groups is 1. The maximum absolute atomic E-state index is 12.0. The zero-order valence-corrected chi connectivity index (χ0v) is 11.9. The Morgan fingerprint density at radius 2 is 1.81 bits per heavy atom. The molecule has 0 aliphatic rings. The summed E-state index contributed by atoms with van der Waals surface area (Å²) in [6.45, 7) is 1.92. The van der Waals surface area contributed by atoms with Crippen molar-refractivity contribution in [1.29, 1.82) is 0 Å². The Bertz CT molecular complexity index is 657. The highest BCUT2D eigenvalue weighted by molar-refractivity contribution is 5.91. The van der Waals surface area contributed by atoms with E-state index in [1.165, 1.54) is 31.4 Å². The Morgan fingerprint density at radius 1 is 1.10 bits per heavy atom. The van der Waals surface area contributed by atoms with E-state index in [0.29, 0.717) is 17.1 Å². The molecule has 2 aromatic carbocycles. The van der Waals surface area contributed by atoms with Gasteiger partial charge in [-0.2, -0.15) is 0 Å². The number of ether oxygens (including phenoxy) is 2. The zero-order chi connectivity index (χ0) is 15.2. The molecule has 0 saturated carbocycles. The van der Waals surface area contributed by atoms with Crippen LogP contribution in [0, 0.1) is 0 Å². The third kappa shape index (κ3) is 3.63. The van der Waals surface area contributed by atoms with Gasteiger partial charge in [0, 0.05) is 0 Å². The van der Waals surface area contributed by atoms with E-state index < -0.39 is 5.97 Å². The van der Waals surface area contributed by atoms with Crippen LogP contribution in [-0.4, -0.2) is 18.2 Å². The highest BCUT2D eigenvalue weighted by Gasteiger charge is 2.12. The third-order valence-corrected chi connectivity index (χ3v) is 2.85. The highest BCUT2D eigenvalue weighted by Crippen LogP contribution is 2.29. The van der Waals surface area contributed by atoms with Crippen LogP contribution < -0.4 is 9.47 Å². The number of benzene rings is 2. The second kappa shape index (κ2) is 6.61. The van der Waals surface area contributed by atoms with E-state index in [1.54, 1.807) is 12.1 Å². The first-order valence-corrected chi connectivity index (χ1v) is 6.46. The molecule has 2 rings (SSSR count). The summed E-state index contributed by atoms with van der Waals surface area (Å²) in [6, 6.07) is 11.2. The summed E-state index contributed by atoms with van der Waals surface area (Å²) >= 11 is 0. The number of allylic oxidation sites excluding steroid dienone is 1. The first kappa shape index (κ1) is 14.7. The highest BCUT2D eigenvalue weighted by atomic mass is 16.6. The molecule has 0 radical (unpaired) electrons. The SMILES string of the molecule is C/C=C/c1ccc(OC(=O)c2ccc(O)cc2)c(OC)c1. The lowest BCUT2D eigenvalue weighted by molar-refractivity contribution is 0.0729. The Morgan fingerprint density at radius 3 is 2.43 bits per heavy atom.